The van der Waals surface area contributed by atoms with Crippen molar-refractivity contribution in [3.8, 4) is 0 Å². The molecule has 1 aliphatic rings. The zero-order chi connectivity index (χ0) is 14.7. The van der Waals surface area contributed by atoms with Crippen molar-refractivity contribution in [2.24, 2.45) is 5.92 Å². The van der Waals surface area contributed by atoms with Gasteiger partial charge < -0.3 is 9.42 Å². The number of aromatic nitrogens is 4. The van der Waals surface area contributed by atoms with Gasteiger partial charge in [-0.25, -0.2) is 9.97 Å². The van der Waals surface area contributed by atoms with Crippen molar-refractivity contribution in [1.29, 1.82) is 0 Å². The van der Waals surface area contributed by atoms with Gasteiger partial charge in [-0.1, -0.05) is 5.16 Å². The van der Waals surface area contributed by atoms with Crippen LogP contribution in [0.4, 0.5) is 0 Å². The van der Waals surface area contributed by atoms with Crippen molar-refractivity contribution in [3.05, 3.63) is 36.0 Å². The second-order valence-electron chi connectivity index (χ2n) is 5.27. The smallest absolute Gasteiger partial charge is 0.272 e. The number of aryl methyl sites for hydroxylation is 2. The lowest BCUT2D eigenvalue weighted by Crippen LogP contribution is -2.29. The summed E-state index contributed by atoms with van der Waals surface area (Å²) in [5, 5.41) is 3.89. The van der Waals surface area contributed by atoms with Crippen LogP contribution in [-0.2, 0) is 6.42 Å². The minimum Gasteiger partial charge on any atom is -0.340 e. The van der Waals surface area contributed by atoms with Crippen molar-refractivity contribution >= 4 is 5.91 Å². The summed E-state index contributed by atoms with van der Waals surface area (Å²) in [6.45, 7) is 3.33. The first-order valence-electron chi connectivity index (χ1n) is 7.07. The predicted octanol–water partition coefficient (Wildman–Crippen LogP) is 1.26. The summed E-state index contributed by atoms with van der Waals surface area (Å²) in [6, 6.07) is 1.65. The predicted molar refractivity (Wildman–Crippen MR) is 73.4 cm³/mol. The average Bonchev–Trinajstić information content (AvgIpc) is 3.14. The van der Waals surface area contributed by atoms with Crippen LogP contribution in [-0.4, -0.2) is 44.0 Å². The van der Waals surface area contributed by atoms with Gasteiger partial charge >= 0.3 is 0 Å². The Balaban J connectivity index is 1.52. The van der Waals surface area contributed by atoms with Crippen LogP contribution in [0.15, 0.2) is 23.1 Å². The van der Waals surface area contributed by atoms with Crippen LogP contribution >= 0.6 is 0 Å². The van der Waals surface area contributed by atoms with Crippen LogP contribution in [0.5, 0.6) is 0 Å². The molecule has 7 nitrogen and oxygen atoms in total. The molecule has 2 aromatic rings. The lowest BCUT2D eigenvalue weighted by Gasteiger charge is -2.15. The van der Waals surface area contributed by atoms with Gasteiger partial charge in [0.25, 0.3) is 5.91 Å². The number of amides is 1. The first-order valence-corrected chi connectivity index (χ1v) is 7.07. The maximum atomic E-state index is 12.3. The summed E-state index contributed by atoms with van der Waals surface area (Å²) in [5.74, 6) is 1.80. The van der Waals surface area contributed by atoms with E-state index in [1.807, 2.05) is 4.90 Å². The quantitative estimate of drug-likeness (QED) is 0.841. The van der Waals surface area contributed by atoms with E-state index >= 15 is 0 Å². The van der Waals surface area contributed by atoms with Crippen molar-refractivity contribution in [1.82, 2.24) is 25.0 Å². The molecule has 3 heterocycles. The molecule has 1 atom stereocenters. The molecule has 2 aromatic heterocycles. The van der Waals surface area contributed by atoms with E-state index in [-0.39, 0.29) is 5.91 Å². The monoisotopic (exact) mass is 287 g/mol. The second kappa shape index (κ2) is 5.99. The minimum absolute atomic E-state index is 0.0182. The number of nitrogens with zero attached hydrogens (tertiary/aromatic N) is 5. The summed E-state index contributed by atoms with van der Waals surface area (Å²) in [6.07, 6.45) is 5.75. The summed E-state index contributed by atoms with van der Waals surface area (Å²) >= 11 is 0. The number of hydrogen-bond donors (Lipinski definition) is 0. The largest absolute Gasteiger partial charge is 0.340 e. The van der Waals surface area contributed by atoms with Crippen molar-refractivity contribution in [3.63, 3.8) is 0 Å². The van der Waals surface area contributed by atoms with E-state index in [4.69, 9.17) is 4.52 Å². The van der Waals surface area contributed by atoms with Crippen LogP contribution in [0.2, 0.25) is 0 Å². The topological polar surface area (TPSA) is 85.0 Å². The van der Waals surface area contributed by atoms with E-state index in [1.165, 1.54) is 6.33 Å². The molecule has 0 saturated carbocycles. The Hall–Kier alpha value is -2.31. The van der Waals surface area contributed by atoms with Crippen molar-refractivity contribution in [2.75, 3.05) is 13.1 Å². The Morgan fingerprint density at radius 1 is 1.52 bits per heavy atom. The minimum atomic E-state index is -0.0182. The van der Waals surface area contributed by atoms with E-state index in [1.54, 1.807) is 19.2 Å². The molecule has 0 aliphatic carbocycles. The SMILES string of the molecule is Cc1nc(CC[C@H]2CCN(C(=O)c3ccncn3)C2)no1. The molecule has 0 aromatic carbocycles. The lowest BCUT2D eigenvalue weighted by molar-refractivity contribution is 0.0780. The maximum absolute atomic E-state index is 12.3. The van der Waals surface area contributed by atoms with Gasteiger partial charge in [0, 0.05) is 32.6 Å². The molecule has 7 heteroatoms. The molecule has 110 valence electrons. The fourth-order valence-electron chi connectivity index (χ4n) is 2.61. The van der Waals surface area contributed by atoms with Crippen LogP contribution in [0.1, 0.15) is 35.0 Å². The third-order valence-electron chi connectivity index (χ3n) is 3.72. The van der Waals surface area contributed by atoms with E-state index in [0.717, 1.165) is 38.2 Å². The molecule has 0 spiro atoms. The molecule has 3 rings (SSSR count). The number of carbonyl (C=O) groups excluding carboxylic acids is 1. The summed E-state index contributed by atoms with van der Waals surface area (Å²) in [4.78, 5) is 26.2. The Morgan fingerprint density at radius 2 is 2.43 bits per heavy atom. The third kappa shape index (κ3) is 3.24. The molecule has 1 fully saturated rings. The summed E-state index contributed by atoms with van der Waals surface area (Å²) < 4.78 is 4.96. The molecule has 0 bridgehead atoms. The van der Waals surface area contributed by atoms with Gasteiger partial charge in [-0.2, -0.15) is 4.98 Å². The maximum Gasteiger partial charge on any atom is 0.272 e. The second-order valence-corrected chi connectivity index (χ2v) is 5.27. The highest BCUT2D eigenvalue weighted by atomic mass is 16.5. The average molecular weight is 287 g/mol. The Morgan fingerprint density at radius 3 is 3.14 bits per heavy atom. The van der Waals surface area contributed by atoms with E-state index in [9.17, 15) is 4.79 Å². The fraction of sp³-hybridized carbons (Fsp3) is 0.500. The van der Waals surface area contributed by atoms with Gasteiger partial charge in [0.1, 0.15) is 12.0 Å². The molecule has 1 aliphatic heterocycles. The molecule has 1 amide bonds. The highest BCUT2D eigenvalue weighted by Gasteiger charge is 2.27. The summed E-state index contributed by atoms with van der Waals surface area (Å²) in [7, 11) is 0. The van der Waals surface area contributed by atoms with Crippen molar-refractivity contribution < 1.29 is 9.32 Å². The summed E-state index contributed by atoms with van der Waals surface area (Å²) in [5.41, 5.74) is 0.458. The van der Waals surface area contributed by atoms with Crippen LogP contribution in [0.25, 0.3) is 0 Å². The first-order chi connectivity index (χ1) is 10.2. The van der Waals surface area contributed by atoms with E-state index in [2.05, 4.69) is 20.1 Å². The molecule has 21 heavy (non-hydrogen) atoms. The Labute approximate surface area is 122 Å². The van der Waals surface area contributed by atoms with E-state index < -0.39 is 0 Å². The molecule has 0 N–H and O–H groups in total. The fourth-order valence-corrected chi connectivity index (χ4v) is 2.61. The van der Waals surface area contributed by atoms with Gasteiger partial charge in [-0.3, -0.25) is 4.79 Å². The molecular formula is C14H17N5O2. The van der Waals surface area contributed by atoms with Gasteiger partial charge in [-0.15, -0.1) is 0 Å². The standard InChI is InChI=1S/C14H17N5O2/c1-10-17-13(18-21-10)3-2-11-5-7-19(8-11)14(20)12-4-6-15-9-16-12/h4,6,9,11H,2-3,5,7-8H2,1H3/t11-/m0/s1. The Kier molecular flexibility index (Phi) is 3.89. The molecule has 1 saturated heterocycles. The molecule has 0 unspecified atom stereocenters. The van der Waals surface area contributed by atoms with E-state index in [0.29, 0.717) is 17.5 Å². The Bertz CT molecular complexity index is 613. The number of rotatable bonds is 4. The van der Waals surface area contributed by atoms with Crippen LogP contribution < -0.4 is 0 Å². The third-order valence-corrected chi connectivity index (χ3v) is 3.72. The van der Waals surface area contributed by atoms with Gasteiger partial charge in [0.2, 0.25) is 5.89 Å². The van der Waals surface area contributed by atoms with Crippen LogP contribution in [0.3, 0.4) is 0 Å². The number of carbonyl (C=O) groups is 1. The lowest BCUT2D eigenvalue weighted by atomic mass is 10.0. The number of likely N-dealkylation sites (tertiary alicyclic amines) is 1. The molecular weight excluding hydrogens is 270 g/mol. The number of hydrogen-bond acceptors (Lipinski definition) is 6. The highest BCUT2D eigenvalue weighted by Crippen LogP contribution is 2.22. The zero-order valence-electron chi connectivity index (χ0n) is 11.9. The van der Waals surface area contributed by atoms with Gasteiger partial charge in [-0.05, 0) is 24.8 Å². The van der Waals surface area contributed by atoms with Crippen LogP contribution in [0, 0.1) is 12.8 Å². The highest BCUT2D eigenvalue weighted by molar-refractivity contribution is 5.92. The first kappa shape index (κ1) is 13.7. The van der Waals surface area contributed by atoms with Crippen molar-refractivity contribution in [2.45, 2.75) is 26.2 Å². The van der Waals surface area contributed by atoms with Gasteiger partial charge in [0.05, 0.1) is 0 Å². The molecule has 0 radical (unpaired) electrons. The van der Waals surface area contributed by atoms with Gasteiger partial charge in [0.15, 0.2) is 5.82 Å². The zero-order valence-corrected chi connectivity index (χ0v) is 11.9. The normalized spacial score (nSPS) is 18.1.